The van der Waals surface area contributed by atoms with Crippen LogP contribution in [0.15, 0.2) is 60.9 Å². The zero-order valence-corrected chi connectivity index (χ0v) is 21.3. The molecule has 0 saturated carbocycles. The lowest BCUT2D eigenvalue weighted by Gasteiger charge is -2.17. The molecule has 1 amide bonds. The molecule has 3 aromatic carbocycles. The molecule has 2 heterocycles. The van der Waals surface area contributed by atoms with E-state index in [-0.39, 0.29) is 22.2 Å². The molecule has 0 aliphatic rings. The Hall–Kier alpha value is -3.95. The molecular formula is C26H21Cl2FN6O2. The summed E-state index contributed by atoms with van der Waals surface area (Å²) in [5.41, 5.74) is 2.81. The lowest BCUT2D eigenvalue weighted by Crippen LogP contribution is -2.30. The molecule has 0 radical (unpaired) electrons. The third-order valence-electron chi connectivity index (χ3n) is 5.88. The van der Waals surface area contributed by atoms with E-state index < -0.39 is 17.6 Å². The van der Waals surface area contributed by atoms with Gasteiger partial charge >= 0.3 is 0 Å². The van der Waals surface area contributed by atoms with Crippen molar-refractivity contribution in [3.05, 3.63) is 99.6 Å². The molecule has 188 valence electrons. The first kappa shape index (κ1) is 24.7. The second-order valence-corrected chi connectivity index (χ2v) is 9.16. The lowest BCUT2D eigenvalue weighted by atomic mass is 9.98. The molecule has 0 saturated heterocycles. The first-order valence-corrected chi connectivity index (χ1v) is 12.0. The summed E-state index contributed by atoms with van der Waals surface area (Å²) in [6.45, 7) is 1.87. The van der Waals surface area contributed by atoms with Crippen molar-refractivity contribution in [2.45, 2.75) is 12.8 Å². The molecular weight excluding hydrogens is 518 g/mol. The van der Waals surface area contributed by atoms with Crippen molar-refractivity contribution < 1.29 is 13.9 Å². The molecule has 5 rings (SSSR count). The number of H-pyrrole nitrogens is 1. The predicted octanol–water partition coefficient (Wildman–Crippen LogP) is 5.47. The molecule has 1 atom stereocenters. The number of methoxy groups -OCH3 is 1. The molecule has 0 aliphatic carbocycles. The number of aromatic nitrogens is 5. The van der Waals surface area contributed by atoms with Gasteiger partial charge in [-0.3, -0.25) is 4.79 Å². The fourth-order valence-electron chi connectivity index (χ4n) is 4.06. The Kier molecular flexibility index (Phi) is 6.82. The minimum atomic E-state index is -0.479. The monoisotopic (exact) mass is 538 g/mol. The zero-order valence-electron chi connectivity index (χ0n) is 19.8. The molecule has 0 unspecified atom stereocenters. The summed E-state index contributed by atoms with van der Waals surface area (Å²) in [7, 11) is 1.58. The Bertz CT molecular complexity index is 1590. The Morgan fingerprint density at radius 2 is 1.95 bits per heavy atom. The van der Waals surface area contributed by atoms with E-state index in [9.17, 15) is 9.18 Å². The fraction of sp³-hybridized carbons (Fsp3) is 0.154. The number of rotatable bonds is 7. The van der Waals surface area contributed by atoms with Crippen LogP contribution in [0.25, 0.3) is 16.7 Å². The van der Waals surface area contributed by atoms with E-state index in [1.807, 2.05) is 12.1 Å². The first-order valence-electron chi connectivity index (χ1n) is 11.3. The Labute approximate surface area is 221 Å². The highest BCUT2D eigenvalue weighted by molar-refractivity contribution is 6.40. The van der Waals surface area contributed by atoms with Crippen molar-refractivity contribution in [1.82, 2.24) is 30.0 Å². The van der Waals surface area contributed by atoms with E-state index in [1.165, 1.54) is 23.1 Å². The van der Waals surface area contributed by atoms with Crippen molar-refractivity contribution in [2.24, 2.45) is 0 Å². The Morgan fingerprint density at radius 1 is 1.16 bits per heavy atom. The number of benzene rings is 3. The van der Waals surface area contributed by atoms with Crippen LogP contribution in [0.2, 0.25) is 10.0 Å². The zero-order chi connectivity index (χ0) is 26.1. The molecule has 11 heteroatoms. The molecule has 2 N–H and O–H groups in total. The first-order chi connectivity index (χ1) is 17.8. The van der Waals surface area contributed by atoms with E-state index in [4.69, 9.17) is 27.9 Å². The van der Waals surface area contributed by atoms with Gasteiger partial charge < -0.3 is 15.0 Å². The van der Waals surface area contributed by atoms with Crippen LogP contribution in [-0.2, 0) is 0 Å². The third-order valence-corrected chi connectivity index (χ3v) is 6.48. The van der Waals surface area contributed by atoms with Crippen molar-refractivity contribution in [3.63, 3.8) is 0 Å². The lowest BCUT2D eigenvalue weighted by molar-refractivity contribution is 0.0952. The number of carbonyl (C=O) groups is 1. The molecule has 37 heavy (non-hydrogen) atoms. The number of fused-ring (bicyclic) bond motifs is 1. The normalized spacial score (nSPS) is 12.0. The molecule has 0 fully saturated rings. The number of nitrogens with zero attached hydrogens (tertiary/aromatic N) is 4. The van der Waals surface area contributed by atoms with Crippen molar-refractivity contribution in [2.75, 3.05) is 13.7 Å². The smallest absolute Gasteiger partial charge is 0.254 e. The van der Waals surface area contributed by atoms with Crippen LogP contribution in [0.4, 0.5) is 4.39 Å². The summed E-state index contributed by atoms with van der Waals surface area (Å²) in [5.74, 6) is 0.469. The van der Waals surface area contributed by atoms with Gasteiger partial charge in [-0.25, -0.2) is 19.0 Å². The maximum Gasteiger partial charge on any atom is 0.254 e. The summed E-state index contributed by atoms with van der Waals surface area (Å²) >= 11 is 12.9. The SMILES string of the molecule is COc1ccc2nc([C@@H](CNC(=O)c3c(Cl)cc(-n4cnc(C)n4)cc3Cl)c3cccc(F)c3)[nH]c2c1. The number of nitrogens with one attached hydrogen (secondary N) is 2. The number of carbonyl (C=O) groups excluding carboxylic acids is 1. The van der Waals surface area contributed by atoms with Crippen molar-refractivity contribution >= 4 is 40.1 Å². The largest absolute Gasteiger partial charge is 0.497 e. The van der Waals surface area contributed by atoms with Gasteiger partial charge in [0.05, 0.1) is 45.4 Å². The predicted molar refractivity (Wildman–Crippen MR) is 139 cm³/mol. The molecule has 0 spiro atoms. The van der Waals surface area contributed by atoms with E-state index in [2.05, 4.69) is 25.4 Å². The van der Waals surface area contributed by atoms with Crippen LogP contribution in [0.3, 0.4) is 0 Å². The van der Waals surface area contributed by atoms with Crippen LogP contribution in [-0.4, -0.2) is 44.3 Å². The third kappa shape index (κ3) is 5.14. The number of halogens is 3. The minimum Gasteiger partial charge on any atom is -0.497 e. The molecule has 0 bridgehead atoms. The van der Waals surface area contributed by atoms with Crippen molar-refractivity contribution in [1.29, 1.82) is 0 Å². The summed E-state index contributed by atoms with van der Waals surface area (Å²) in [6.07, 6.45) is 1.53. The van der Waals surface area contributed by atoms with Gasteiger partial charge in [-0.15, -0.1) is 0 Å². The fourth-order valence-corrected chi connectivity index (χ4v) is 4.71. The number of hydrogen-bond donors (Lipinski definition) is 2. The van der Waals surface area contributed by atoms with Crippen LogP contribution in [0.5, 0.6) is 5.75 Å². The van der Waals surface area contributed by atoms with Crippen LogP contribution >= 0.6 is 23.2 Å². The Balaban J connectivity index is 1.44. The summed E-state index contributed by atoms with van der Waals surface area (Å²) < 4.78 is 20.9. The summed E-state index contributed by atoms with van der Waals surface area (Å²) in [5, 5.41) is 7.43. The molecule has 8 nitrogen and oxygen atoms in total. The van der Waals surface area contributed by atoms with E-state index in [0.29, 0.717) is 34.2 Å². The number of ether oxygens (including phenoxy) is 1. The minimum absolute atomic E-state index is 0.107. The molecule has 5 aromatic rings. The maximum atomic E-state index is 14.1. The highest BCUT2D eigenvalue weighted by Crippen LogP contribution is 2.30. The van der Waals surface area contributed by atoms with Gasteiger partial charge in [0.25, 0.3) is 5.91 Å². The number of imidazole rings is 1. The van der Waals surface area contributed by atoms with Gasteiger partial charge in [0.2, 0.25) is 0 Å². The second kappa shape index (κ2) is 10.2. The molecule has 0 aliphatic heterocycles. The molecule has 2 aromatic heterocycles. The highest BCUT2D eigenvalue weighted by Gasteiger charge is 2.23. The summed E-state index contributed by atoms with van der Waals surface area (Å²) in [6, 6.07) is 14.8. The van der Waals surface area contributed by atoms with Crippen LogP contribution < -0.4 is 10.1 Å². The van der Waals surface area contributed by atoms with Crippen LogP contribution in [0.1, 0.15) is 33.5 Å². The second-order valence-electron chi connectivity index (χ2n) is 8.34. The number of aromatic amines is 1. The van der Waals surface area contributed by atoms with E-state index in [0.717, 1.165) is 5.52 Å². The van der Waals surface area contributed by atoms with Gasteiger partial charge in [-0.1, -0.05) is 35.3 Å². The number of hydrogen-bond acceptors (Lipinski definition) is 5. The van der Waals surface area contributed by atoms with Gasteiger partial charge in [-0.05, 0) is 48.9 Å². The average Bonchev–Trinajstić information content (AvgIpc) is 3.49. The quantitative estimate of drug-likeness (QED) is 0.286. The van der Waals surface area contributed by atoms with Gasteiger partial charge in [0, 0.05) is 12.6 Å². The van der Waals surface area contributed by atoms with E-state index >= 15 is 0 Å². The maximum absolute atomic E-state index is 14.1. The van der Waals surface area contributed by atoms with Gasteiger partial charge in [0.1, 0.15) is 29.5 Å². The topological polar surface area (TPSA) is 97.7 Å². The number of amides is 1. The number of aryl methyl sites for hydroxylation is 1. The Morgan fingerprint density at radius 3 is 2.62 bits per heavy atom. The standard InChI is InChI=1S/C26H21Cl2FN6O2/c1-14-31-13-35(34-14)17-9-20(27)24(21(28)10-17)26(36)30-12-19(15-4-3-5-16(29)8-15)25-32-22-7-6-18(37-2)11-23(22)33-25/h3-11,13,19H,12H2,1-2H3,(H,30,36)(H,32,33)/t19-/m0/s1. The van der Waals surface area contributed by atoms with Gasteiger partial charge in [-0.2, -0.15) is 5.10 Å². The van der Waals surface area contributed by atoms with Gasteiger partial charge in [0.15, 0.2) is 0 Å². The van der Waals surface area contributed by atoms with Crippen LogP contribution in [0, 0.1) is 12.7 Å². The summed E-state index contributed by atoms with van der Waals surface area (Å²) in [4.78, 5) is 25.2. The van der Waals surface area contributed by atoms with Crippen molar-refractivity contribution in [3.8, 4) is 11.4 Å². The average molecular weight is 539 g/mol. The van der Waals surface area contributed by atoms with E-state index in [1.54, 1.807) is 44.4 Å². The highest BCUT2D eigenvalue weighted by atomic mass is 35.5.